The van der Waals surface area contributed by atoms with E-state index in [0.717, 1.165) is 12.5 Å². The molecule has 0 radical (unpaired) electrons. The maximum absolute atomic E-state index is 13.0. The Balaban J connectivity index is 2.02. The summed E-state index contributed by atoms with van der Waals surface area (Å²) in [4.78, 5) is 20.1. The van der Waals surface area contributed by atoms with Crippen LogP contribution in [0, 0.1) is 5.92 Å². The van der Waals surface area contributed by atoms with Crippen molar-refractivity contribution in [1.29, 1.82) is 0 Å². The summed E-state index contributed by atoms with van der Waals surface area (Å²) in [5.41, 5.74) is -0.0343. The summed E-state index contributed by atoms with van der Waals surface area (Å²) in [7, 11) is 0. The van der Waals surface area contributed by atoms with Crippen LogP contribution >= 0.6 is 0 Å². The molecule has 0 saturated carbocycles. The van der Waals surface area contributed by atoms with Gasteiger partial charge in [0.15, 0.2) is 5.65 Å². The van der Waals surface area contributed by atoms with Crippen molar-refractivity contribution in [2.75, 3.05) is 5.32 Å². The van der Waals surface area contributed by atoms with Crippen LogP contribution in [-0.2, 0) is 11.0 Å². The van der Waals surface area contributed by atoms with E-state index < -0.39 is 11.9 Å². The molecular formula is C17H17F3N4O. The van der Waals surface area contributed by atoms with Crippen LogP contribution in [0.4, 0.5) is 19.1 Å². The molecule has 0 saturated heterocycles. The fourth-order valence-electron chi connectivity index (χ4n) is 2.41. The number of hydrogen-bond acceptors (Lipinski definition) is 3. The molecule has 25 heavy (non-hydrogen) atoms. The van der Waals surface area contributed by atoms with Gasteiger partial charge in [0, 0.05) is 6.42 Å². The van der Waals surface area contributed by atoms with Gasteiger partial charge in [-0.15, -0.1) is 0 Å². The van der Waals surface area contributed by atoms with E-state index >= 15 is 0 Å². The van der Waals surface area contributed by atoms with Crippen molar-refractivity contribution in [1.82, 2.24) is 14.5 Å². The van der Waals surface area contributed by atoms with Crippen molar-refractivity contribution >= 4 is 28.7 Å². The number of allylic oxidation sites excluding steroid dienone is 4. The number of nitrogens with one attached hydrogen (secondary N) is 1. The number of imidazole rings is 1. The lowest BCUT2D eigenvalue weighted by Gasteiger charge is -2.14. The van der Waals surface area contributed by atoms with Gasteiger partial charge in [-0.25, -0.2) is 9.97 Å². The molecule has 132 valence electrons. The highest BCUT2D eigenvalue weighted by Gasteiger charge is 2.33. The number of pyridine rings is 1. The molecule has 2 aromatic rings. The fourth-order valence-corrected chi connectivity index (χ4v) is 2.41. The zero-order valence-electron chi connectivity index (χ0n) is 13.8. The number of carbonyl (C=O) groups is 1. The lowest BCUT2D eigenvalue weighted by Crippen LogP contribution is -2.18. The summed E-state index contributed by atoms with van der Waals surface area (Å²) >= 11 is 0. The molecule has 1 N–H and O–H groups in total. The number of nitrogens with zero attached hydrogens (tertiary/aromatic N) is 3. The number of rotatable bonds is 5. The molecule has 0 spiro atoms. The number of alkyl halides is 3. The number of aromatic nitrogens is 3. The highest BCUT2D eigenvalue weighted by atomic mass is 19.4. The van der Waals surface area contributed by atoms with Gasteiger partial charge in [0.25, 0.3) is 0 Å². The number of amides is 1. The Labute approximate surface area is 142 Å². The lowest BCUT2D eigenvalue weighted by molar-refractivity contribution is -0.141. The quantitative estimate of drug-likeness (QED) is 0.878. The van der Waals surface area contributed by atoms with E-state index in [0.29, 0.717) is 12.1 Å². The van der Waals surface area contributed by atoms with E-state index in [4.69, 9.17) is 0 Å². The van der Waals surface area contributed by atoms with Gasteiger partial charge in [-0.2, -0.15) is 13.2 Å². The van der Waals surface area contributed by atoms with Crippen molar-refractivity contribution in [2.24, 2.45) is 5.92 Å². The number of anilines is 1. The second-order valence-electron chi connectivity index (χ2n) is 6.02. The topological polar surface area (TPSA) is 59.8 Å². The van der Waals surface area contributed by atoms with Gasteiger partial charge in [0.2, 0.25) is 11.9 Å². The molecule has 2 heterocycles. The van der Waals surface area contributed by atoms with Crippen LogP contribution in [0.2, 0.25) is 0 Å². The van der Waals surface area contributed by atoms with Crippen LogP contribution < -0.4 is 5.32 Å². The van der Waals surface area contributed by atoms with Crippen molar-refractivity contribution < 1.29 is 18.0 Å². The number of fused-ring (bicyclic) bond motifs is 1. The minimum absolute atomic E-state index is 0.0595. The van der Waals surface area contributed by atoms with Gasteiger partial charge >= 0.3 is 6.18 Å². The third-order valence-corrected chi connectivity index (χ3v) is 4.07. The highest BCUT2D eigenvalue weighted by Crippen LogP contribution is 2.32. The van der Waals surface area contributed by atoms with Gasteiger partial charge in [0.1, 0.15) is 11.2 Å². The Hall–Kier alpha value is -2.64. The third-order valence-electron chi connectivity index (χ3n) is 4.07. The Kier molecular flexibility index (Phi) is 4.36. The van der Waals surface area contributed by atoms with E-state index in [2.05, 4.69) is 15.3 Å². The molecule has 1 atom stereocenters. The number of halogens is 3. The Morgan fingerprint density at radius 2 is 2.04 bits per heavy atom. The summed E-state index contributed by atoms with van der Waals surface area (Å²) in [5, 5.41) is 2.69. The van der Waals surface area contributed by atoms with E-state index in [1.165, 1.54) is 10.6 Å². The summed E-state index contributed by atoms with van der Waals surface area (Å²) in [6.07, 6.45) is 1.80. The van der Waals surface area contributed by atoms with Gasteiger partial charge in [-0.1, -0.05) is 26.3 Å². The van der Waals surface area contributed by atoms with E-state index in [1.54, 1.807) is 18.2 Å². The summed E-state index contributed by atoms with van der Waals surface area (Å²) < 4.78 is 40.3. The first-order valence-corrected chi connectivity index (χ1v) is 7.95. The average molecular weight is 350 g/mol. The van der Waals surface area contributed by atoms with Gasteiger partial charge in [-0.3, -0.25) is 14.7 Å². The van der Waals surface area contributed by atoms with E-state index in [1.807, 2.05) is 13.8 Å². The molecule has 2 aromatic heterocycles. The highest BCUT2D eigenvalue weighted by molar-refractivity contribution is 5.93. The molecule has 3 rings (SSSR count). The molecule has 8 heteroatoms. The van der Waals surface area contributed by atoms with Crippen molar-refractivity contribution in [3.8, 4) is 0 Å². The minimum Gasteiger partial charge on any atom is -0.296 e. The zero-order valence-corrected chi connectivity index (χ0v) is 13.8. The molecule has 1 unspecified atom stereocenters. The number of hydrogen-bond donors (Lipinski definition) is 1. The van der Waals surface area contributed by atoms with Gasteiger partial charge in [0.05, 0.1) is 5.70 Å². The van der Waals surface area contributed by atoms with Crippen molar-refractivity contribution in [2.45, 2.75) is 32.9 Å². The molecule has 0 aromatic carbocycles. The predicted octanol–water partition coefficient (Wildman–Crippen LogP) is 4.24. The second-order valence-corrected chi connectivity index (χ2v) is 6.02. The third kappa shape index (κ3) is 3.42. The normalized spacial score (nSPS) is 15.0. The van der Waals surface area contributed by atoms with Crippen LogP contribution in [-0.4, -0.2) is 20.4 Å². The SMILES string of the molecule is CCC(C)CC(=O)Nc1nc2ccc(C(F)(F)F)nc2n1C1=CC=C1. The van der Waals surface area contributed by atoms with Crippen LogP contribution in [0.5, 0.6) is 0 Å². The van der Waals surface area contributed by atoms with E-state index in [9.17, 15) is 18.0 Å². The predicted molar refractivity (Wildman–Crippen MR) is 88.6 cm³/mol. The summed E-state index contributed by atoms with van der Waals surface area (Å²) in [5.74, 6) is 0.146. The molecule has 1 aliphatic rings. The standard InChI is InChI=1S/C17H17F3N4O/c1-3-10(2)9-14(25)23-16-21-12-7-8-13(17(18,19)20)22-15(12)24(16)11-5-4-6-11/h4-8,10H,3,9H2,1-2H3,(H,21,23,25). The largest absolute Gasteiger partial charge is 0.433 e. The van der Waals surface area contributed by atoms with Crippen LogP contribution in [0.3, 0.4) is 0 Å². The van der Waals surface area contributed by atoms with Gasteiger partial charge < -0.3 is 0 Å². The fraction of sp³-hybridized carbons (Fsp3) is 0.353. The smallest absolute Gasteiger partial charge is 0.296 e. The zero-order chi connectivity index (χ0) is 18.2. The van der Waals surface area contributed by atoms with Crippen LogP contribution in [0.15, 0.2) is 30.4 Å². The Bertz CT molecular complexity index is 880. The first-order chi connectivity index (χ1) is 11.8. The van der Waals surface area contributed by atoms with Crippen LogP contribution in [0.25, 0.3) is 16.9 Å². The minimum atomic E-state index is -4.55. The maximum Gasteiger partial charge on any atom is 0.433 e. The van der Waals surface area contributed by atoms with Crippen LogP contribution in [0.1, 0.15) is 32.4 Å². The maximum atomic E-state index is 13.0. The molecule has 0 fully saturated rings. The molecule has 1 aliphatic carbocycles. The first kappa shape index (κ1) is 17.2. The Morgan fingerprint density at radius 3 is 2.60 bits per heavy atom. The molecule has 1 amide bonds. The molecular weight excluding hydrogens is 333 g/mol. The van der Waals surface area contributed by atoms with Crippen molar-refractivity contribution in [3.63, 3.8) is 0 Å². The number of carbonyl (C=O) groups excluding carboxylic acids is 1. The molecule has 0 bridgehead atoms. The summed E-state index contributed by atoms with van der Waals surface area (Å²) in [6, 6.07) is 2.14. The van der Waals surface area contributed by atoms with Gasteiger partial charge in [-0.05, 0) is 30.2 Å². The molecule has 0 aliphatic heterocycles. The van der Waals surface area contributed by atoms with E-state index in [-0.39, 0.29) is 28.9 Å². The average Bonchev–Trinajstić information content (AvgIpc) is 2.82. The Morgan fingerprint density at radius 1 is 1.32 bits per heavy atom. The lowest BCUT2D eigenvalue weighted by atomic mass is 10.1. The second kappa shape index (κ2) is 6.34. The van der Waals surface area contributed by atoms with Crippen molar-refractivity contribution in [3.05, 3.63) is 36.1 Å². The first-order valence-electron chi connectivity index (χ1n) is 7.95. The molecule has 5 nitrogen and oxygen atoms in total. The monoisotopic (exact) mass is 350 g/mol. The summed E-state index contributed by atoms with van der Waals surface area (Å²) in [6.45, 7) is 3.94.